The molecular weight excluding hydrogens is 532 g/mol. The lowest BCUT2D eigenvalue weighted by molar-refractivity contribution is -0.142. The van der Waals surface area contributed by atoms with Gasteiger partial charge >= 0.3 is 5.97 Å². The third kappa shape index (κ3) is 13.5. The van der Waals surface area contributed by atoms with Crippen molar-refractivity contribution in [2.24, 2.45) is 27.9 Å². The summed E-state index contributed by atoms with van der Waals surface area (Å²) in [7, 11) is 0. The molecule has 0 aliphatic rings. The summed E-state index contributed by atoms with van der Waals surface area (Å²) in [5.74, 6) is -3.70. The number of aliphatic carboxylic acids is 1. The molecule has 218 valence electrons. The van der Waals surface area contributed by atoms with E-state index in [1.165, 1.54) is 24.3 Å². The molecule has 0 spiro atoms. The van der Waals surface area contributed by atoms with Crippen LogP contribution in [0.2, 0.25) is 0 Å². The first-order valence-electron chi connectivity index (χ1n) is 12.1. The van der Waals surface area contributed by atoms with Crippen LogP contribution in [0.4, 0.5) is 0 Å². The average Bonchev–Trinajstić information content (AvgIpc) is 3.38. The smallest absolute Gasteiger partial charge is 0.326 e. The molecular formula is C22H38N10O6S. The summed E-state index contributed by atoms with van der Waals surface area (Å²) in [6, 6.07) is -4.57. The van der Waals surface area contributed by atoms with Crippen molar-refractivity contribution >= 4 is 47.3 Å². The highest BCUT2D eigenvalue weighted by Crippen LogP contribution is 2.07. The maximum absolute atomic E-state index is 13.3. The molecule has 0 aliphatic carbocycles. The number of nitrogens with zero attached hydrogens (tertiary/aromatic N) is 2. The zero-order valence-electron chi connectivity index (χ0n) is 21.7. The molecule has 1 aromatic rings. The number of thioether (sulfide) groups is 1. The van der Waals surface area contributed by atoms with Gasteiger partial charge in [0.1, 0.15) is 18.1 Å². The molecule has 4 atom stereocenters. The van der Waals surface area contributed by atoms with Crippen LogP contribution in [-0.4, -0.2) is 93.4 Å². The van der Waals surface area contributed by atoms with Crippen LogP contribution in [0, 0.1) is 0 Å². The second-order valence-electron chi connectivity index (χ2n) is 8.64. The Hall–Kier alpha value is -3.86. The second-order valence-corrected chi connectivity index (χ2v) is 9.63. The molecule has 1 heterocycles. The van der Waals surface area contributed by atoms with Crippen molar-refractivity contribution < 1.29 is 29.1 Å². The van der Waals surface area contributed by atoms with Crippen LogP contribution in [0.15, 0.2) is 17.5 Å². The van der Waals surface area contributed by atoms with E-state index in [2.05, 4.69) is 30.9 Å². The van der Waals surface area contributed by atoms with Crippen LogP contribution in [0.5, 0.6) is 0 Å². The van der Waals surface area contributed by atoms with Crippen molar-refractivity contribution in [3.05, 3.63) is 18.2 Å². The number of H-pyrrole nitrogens is 1. The van der Waals surface area contributed by atoms with E-state index >= 15 is 0 Å². The summed E-state index contributed by atoms with van der Waals surface area (Å²) in [4.78, 5) is 72.2. The topological polar surface area (TPSA) is 287 Å². The number of amides is 4. The lowest BCUT2D eigenvalue weighted by Gasteiger charge is -2.25. The molecule has 1 rings (SSSR count). The summed E-state index contributed by atoms with van der Waals surface area (Å²) in [5, 5.41) is 17.0. The molecule has 0 bridgehead atoms. The van der Waals surface area contributed by atoms with E-state index in [0.29, 0.717) is 17.9 Å². The number of imidazole rings is 1. The standard InChI is InChI=1S/C22H38N10O6S/c1-39-8-6-14(19(35)31-15(21(37)38)4-5-17(24)33)30-20(36)16(9-12-10-27-11-29-12)32-18(34)13(23)3-2-7-28-22(25)26/h10-11,13-16H,2-9,23H2,1H3,(H2,24,33)(H,27,29)(H,30,36)(H,31,35)(H,32,34)(H,37,38)(H4,25,26,28). The Kier molecular flexibility index (Phi) is 15.0. The molecule has 0 fully saturated rings. The predicted octanol–water partition coefficient (Wildman–Crippen LogP) is -3.11. The number of guanidine groups is 1. The zero-order chi connectivity index (χ0) is 29.4. The van der Waals surface area contributed by atoms with Gasteiger partial charge in [-0.25, -0.2) is 9.78 Å². The zero-order valence-corrected chi connectivity index (χ0v) is 22.5. The Morgan fingerprint density at radius 3 is 2.21 bits per heavy atom. The number of aliphatic imine (C=N–C) groups is 1. The summed E-state index contributed by atoms with van der Waals surface area (Å²) in [5.41, 5.74) is 22.2. The molecule has 4 amide bonds. The summed E-state index contributed by atoms with van der Waals surface area (Å²) in [6.45, 7) is 0.282. The third-order valence-corrected chi connectivity index (χ3v) is 6.10. The van der Waals surface area contributed by atoms with Gasteiger partial charge in [-0.3, -0.25) is 24.2 Å². The van der Waals surface area contributed by atoms with Crippen LogP contribution in [0.1, 0.15) is 37.8 Å². The van der Waals surface area contributed by atoms with Gasteiger partial charge in [-0.15, -0.1) is 0 Å². The van der Waals surface area contributed by atoms with Crippen LogP contribution in [0.3, 0.4) is 0 Å². The van der Waals surface area contributed by atoms with Crippen LogP contribution in [-0.2, 0) is 30.4 Å². The van der Waals surface area contributed by atoms with Crippen molar-refractivity contribution in [2.75, 3.05) is 18.6 Å². The molecule has 13 N–H and O–H groups in total. The van der Waals surface area contributed by atoms with E-state index in [0.717, 1.165) is 0 Å². The van der Waals surface area contributed by atoms with Crippen LogP contribution in [0.25, 0.3) is 0 Å². The van der Waals surface area contributed by atoms with Gasteiger partial charge in [-0.1, -0.05) is 0 Å². The van der Waals surface area contributed by atoms with Gasteiger partial charge < -0.3 is 49.0 Å². The fourth-order valence-corrected chi connectivity index (χ4v) is 3.82. The largest absolute Gasteiger partial charge is 0.480 e. The number of aromatic nitrogens is 2. The van der Waals surface area contributed by atoms with Gasteiger partial charge in [0.15, 0.2) is 5.96 Å². The van der Waals surface area contributed by atoms with Crippen LogP contribution >= 0.6 is 11.8 Å². The van der Waals surface area contributed by atoms with Gasteiger partial charge in [-0.05, 0) is 37.7 Å². The van der Waals surface area contributed by atoms with Crippen molar-refractivity contribution in [1.82, 2.24) is 25.9 Å². The quantitative estimate of drug-likeness (QED) is 0.0455. The first-order chi connectivity index (χ1) is 18.4. The number of carboxylic acid groups (broad SMARTS) is 1. The van der Waals surface area contributed by atoms with Gasteiger partial charge in [0.2, 0.25) is 23.6 Å². The van der Waals surface area contributed by atoms with Gasteiger partial charge in [0, 0.05) is 31.3 Å². The van der Waals surface area contributed by atoms with E-state index in [1.807, 2.05) is 0 Å². The monoisotopic (exact) mass is 570 g/mol. The van der Waals surface area contributed by atoms with Gasteiger partial charge in [0.25, 0.3) is 0 Å². The SMILES string of the molecule is CSCCC(NC(=O)C(Cc1cnc[nH]1)NC(=O)C(N)CCCN=C(N)N)C(=O)NC(CCC(N)=O)C(=O)O. The minimum Gasteiger partial charge on any atom is -0.480 e. The fraction of sp³-hybridized carbons (Fsp3) is 0.591. The summed E-state index contributed by atoms with van der Waals surface area (Å²) < 4.78 is 0. The highest BCUT2D eigenvalue weighted by molar-refractivity contribution is 7.98. The molecule has 16 nitrogen and oxygen atoms in total. The Balaban J connectivity index is 2.98. The van der Waals surface area contributed by atoms with E-state index in [-0.39, 0.29) is 44.6 Å². The first kappa shape index (κ1) is 33.2. The van der Waals surface area contributed by atoms with Crippen molar-refractivity contribution in [3.8, 4) is 0 Å². The van der Waals surface area contributed by atoms with Crippen molar-refractivity contribution in [3.63, 3.8) is 0 Å². The molecule has 1 aromatic heterocycles. The van der Waals surface area contributed by atoms with Crippen molar-refractivity contribution in [2.45, 2.75) is 62.7 Å². The second kappa shape index (κ2) is 17.6. The van der Waals surface area contributed by atoms with E-state index < -0.39 is 53.8 Å². The highest BCUT2D eigenvalue weighted by atomic mass is 32.2. The molecule has 0 radical (unpaired) electrons. The number of carbonyl (C=O) groups is 5. The van der Waals surface area contributed by atoms with Gasteiger partial charge in [0.05, 0.1) is 12.4 Å². The van der Waals surface area contributed by atoms with E-state index in [4.69, 9.17) is 22.9 Å². The molecule has 0 saturated carbocycles. The van der Waals surface area contributed by atoms with E-state index in [1.54, 1.807) is 6.26 Å². The number of carboxylic acids is 1. The summed E-state index contributed by atoms with van der Waals surface area (Å²) in [6.07, 6.45) is 5.12. The maximum atomic E-state index is 13.3. The number of nitrogens with one attached hydrogen (secondary N) is 4. The Bertz CT molecular complexity index is 986. The lowest BCUT2D eigenvalue weighted by Crippen LogP contribution is -2.57. The third-order valence-electron chi connectivity index (χ3n) is 5.45. The number of carbonyl (C=O) groups excluding carboxylic acids is 4. The van der Waals surface area contributed by atoms with Gasteiger partial charge in [-0.2, -0.15) is 11.8 Å². The van der Waals surface area contributed by atoms with E-state index in [9.17, 15) is 29.1 Å². The minimum absolute atomic E-state index is 0.0194. The number of hydrogen-bond donors (Lipinski definition) is 9. The maximum Gasteiger partial charge on any atom is 0.326 e. The number of nitrogens with two attached hydrogens (primary N) is 4. The molecule has 4 unspecified atom stereocenters. The number of primary amides is 1. The lowest BCUT2D eigenvalue weighted by atomic mass is 10.1. The fourth-order valence-electron chi connectivity index (χ4n) is 3.35. The number of aromatic amines is 1. The molecule has 0 aliphatic heterocycles. The number of rotatable bonds is 19. The molecule has 39 heavy (non-hydrogen) atoms. The highest BCUT2D eigenvalue weighted by Gasteiger charge is 2.30. The molecule has 17 heteroatoms. The molecule has 0 saturated heterocycles. The van der Waals surface area contributed by atoms with Crippen molar-refractivity contribution in [1.29, 1.82) is 0 Å². The van der Waals surface area contributed by atoms with Crippen LogP contribution < -0.4 is 38.9 Å². The summed E-state index contributed by atoms with van der Waals surface area (Å²) >= 11 is 1.42. The molecule has 0 aromatic carbocycles. The minimum atomic E-state index is -1.38. The Morgan fingerprint density at radius 2 is 1.64 bits per heavy atom. The predicted molar refractivity (Wildman–Crippen MR) is 145 cm³/mol. The normalized spacial score (nSPS) is 13.8. The first-order valence-corrected chi connectivity index (χ1v) is 13.5. The Labute approximate surface area is 229 Å². The Morgan fingerprint density at radius 1 is 1.00 bits per heavy atom. The average molecular weight is 571 g/mol. The number of hydrogen-bond acceptors (Lipinski definition) is 9.